The number of urea groups is 1. The van der Waals surface area contributed by atoms with E-state index >= 15 is 0 Å². The van der Waals surface area contributed by atoms with Crippen molar-refractivity contribution in [3.05, 3.63) is 12.7 Å². The van der Waals surface area contributed by atoms with Crippen LogP contribution in [0.5, 0.6) is 0 Å². The molecule has 1 rings (SSSR count). The SMILES string of the molecule is C=CCCC(=O)NC1(NC(N)=O)CCC1. The van der Waals surface area contributed by atoms with E-state index in [0.717, 1.165) is 19.3 Å². The van der Waals surface area contributed by atoms with Gasteiger partial charge in [-0.15, -0.1) is 6.58 Å². The monoisotopic (exact) mass is 211 g/mol. The molecule has 0 spiro atoms. The van der Waals surface area contributed by atoms with Crippen molar-refractivity contribution in [2.45, 2.75) is 37.8 Å². The fraction of sp³-hybridized carbons (Fsp3) is 0.600. The number of carbonyl (C=O) groups excluding carboxylic acids is 2. The van der Waals surface area contributed by atoms with Crippen molar-refractivity contribution in [2.24, 2.45) is 5.73 Å². The van der Waals surface area contributed by atoms with Crippen molar-refractivity contribution in [1.29, 1.82) is 0 Å². The smallest absolute Gasteiger partial charge is 0.313 e. The second-order valence-electron chi connectivity index (χ2n) is 3.80. The van der Waals surface area contributed by atoms with Crippen LogP contribution in [0.25, 0.3) is 0 Å². The molecule has 3 amide bonds. The quantitative estimate of drug-likeness (QED) is 0.460. The van der Waals surface area contributed by atoms with Crippen molar-refractivity contribution < 1.29 is 9.59 Å². The number of hydrogen-bond acceptors (Lipinski definition) is 2. The lowest BCUT2D eigenvalue weighted by Gasteiger charge is -2.42. The minimum absolute atomic E-state index is 0.0802. The third-order valence-electron chi connectivity index (χ3n) is 2.52. The highest BCUT2D eigenvalue weighted by atomic mass is 16.2. The highest BCUT2D eigenvalue weighted by Gasteiger charge is 2.39. The van der Waals surface area contributed by atoms with Crippen LogP contribution in [0, 0.1) is 0 Å². The van der Waals surface area contributed by atoms with Gasteiger partial charge >= 0.3 is 6.03 Å². The summed E-state index contributed by atoms with van der Waals surface area (Å²) in [7, 11) is 0. The number of nitrogens with two attached hydrogens (primary N) is 1. The number of amides is 3. The van der Waals surface area contributed by atoms with Gasteiger partial charge in [0.1, 0.15) is 5.66 Å². The first kappa shape index (κ1) is 11.6. The van der Waals surface area contributed by atoms with Crippen LogP contribution in [0.2, 0.25) is 0 Å². The molecule has 0 bridgehead atoms. The minimum atomic E-state index is -0.598. The Labute approximate surface area is 89.1 Å². The Bertz CT molecular complexity index is 272. The number of hydrogen-bond donors (Lipinski definition) is 3. The van der Waals surface area contributed by atoms with Crippen LogP contribution in [0.4, 0.5) is 4.79 Å². The number of allylic oxidation sites excluding steroid dienone is 1. The molecular formula is C10H17N3O2. The van der Waals surface area contributed by atoms with Crippen LogP contribution < -0.4 is 16.4 Å². The van der Waals surface area contributed by atoms with Gasteiger partial charge in [-0.1, -0.05) is 6.08 Å². The molecule has 4 N–H and O–H groups in total. The van der Waals surface area contributed by atoms with Crippen LogP contribution in [-0.2, 0) is 4.79 Å². The first-order chi connectivity index (χ1) is 7.08. The van der Waals surface area contributed by atoms with Crippen molar-refractivity contribution in [3.8, 4) is 0 Å². The fourth-order valence-electron chi connectivity index (χ4n) is 1.61. The maximum Gasteiger partial charge on any atom is 0.313 e. The summed E-state index contributed by atoms with van der Waals surface area (Å²) in [6, 6.07) is -0.598. The predicted octanol–water partition coefficient (Wildman–Crippen LogP) is 0.617. The molecule has 0 radical (unpaired) electrons. The topological polar surface area (TPSA) is 84.2 Å². The zero-order valence-corrected chi connectivity index (χ0v) is 8.71. The Balaban J connectivity index is 2.42. The van der Waals surface area contributed by atoms with Gasteiger partial charge < -0.3 is 16.4 Å². The first-order valence-electron chi connectivity index (χ1n) is 5.07. The molecule has 1 saturated carbocycles. The van der Waals surface area contributed by atoms with E-state index in [1.165, 1.54) is 0 Å². The second-order valence-corrected chi connectivity index (χ2v) is 3.80. The molecule has 1 aliphatic carbocycles. The Morgan fingerprint density at radius 3 is 2.47 bits per heavy atom. The van der Waals surface area contributed by atoms with Crippen LogP contribution in [0.1, 0.15) is 32.1 Å². The van der Waals surface area contributed by atoms with E-state index in [4.69, 9.17) is 5.73 Å². The lowest BCUT2D eigenvalue weighted by Crippen LogP contribution is -2.65. The molecule has 0 aromatic heterocycles. The van der Waals surface area contributed by atoms with E-state index in [2.05, 4.69) is 17.2 Å². The van der Waals surface area contributed by atoms with Crippen LogP contribution in [-0.4, -0.2) is 17.6 Å². The lowest BCUT2D eigenvalue weighted by atomic mass is 9.84. The molecule has 0 aliphatic heterocycles. The molecule has 0 unspecified atom stereocenters. The van der Waals surface area contributed by atoms with Crippen LogP contribution >= 0.6 is 0 Å². The molecule has 15 heavy (non-hydrogen) atoms. The standard InChI is InChI=1S/C10H17N3O2/c1-2-3-5-8(14)12-10(6-4-7-10)13-9(11)15/h2H,1,3-7H2,(H,12,14)(H3,11,13,15). The highest BCUT2D eigenvalue weighted by Crippen LogP contribution is 2.29. The number of carbonyl (C=O) groups is 2. The molecule has 0 aromatic carbocycles. The van der Waals surface area contributed by atoms with Gasteiger partial charge in [0, 0.05) is 6.42 Å². The number of nitrogens with one attached hydrogen (secondary N) is 2. The lowest BCUT2D eigenvalue weighted by molar-refractivity contribution is -0.124. The molecule has 84 valence electrons. The van der Waals surface area contributed by atoms with E-state index in [1.807, 2.05) is 0 Å². The maximum atomic E-state index is 11.4. The van der Waals surface area contributed by atoms with E-state index in [1.54, 1.807) is 6.08 Å². The highest BCUT2D eigenvalue weighted by molar-refractivity contribution is 5.79. The number of rotatable bonds is 5. The third-order valence-corrected chi connectivity index (χ3v) is 2.52. The Kier molecular flexibility index (Phi) is 3.71. The Hall–Kier alpha value is -1.52. The van der Waals surface area contributed by atoms with Crippen LogP contribution in [0.15, 0.2) is 12.7 Å². The fourth-order valence-corrected chi connectivity index (χ4v) is 1.61. The van der Waals surface area contributed by atoms with Crippen LogP contribution in [0.3, 0.4) is 0 Å². The van der Waals surface area contributed by atoms with Gasteiger partial charge in [0.25, 0.3) is 0 Å². The Morgan fingerprint density at radius 2 is 2.07 bits per heavy atom. The van der Waals surface area contributed by atoms with E-state index in [-0.39, 0.29) is 5.91 Å². The summed E-state index contributed by atoms with van der Waals surface area (Å²) in [6.07, 6.45) is 5.20. The van der Waals surface area contributed by atoms with Gasteiger partial charge in [0.2, 0.25) is 5.91 Å². The summed E-state index contributed by atoms with van der Waals surface area (Å²) in [4.78, 5) is 22.2. The largest absolute Gasteiger partial charge is 0.352 e. The first-order valence-corrected chi connectivity index (χ1v) is 5.07. The summed E-state index contributed by atoms with van der Waals surface area (Å²) < 4.78 is 0. The predicted molar refractivity (Wildman–Crippen MR) is 56.9 cm³/mol. The average Bonchev–Trinajstić information content (AvgIpc) is 2.10. The summed E-state index contributed by atoms with van der Waals surface area (Å²) in [5.41, 5.74) is 4.45. The van der Waals surface area contributed by atoms with Gasteiger partial charge in [-0.3, -0.25) is 4.79 Å². The van der Waals surface area contributed by atoms with Gasteiger partial charge in [0.05, 0.1) is 0 Å². The third kappa shape index (κ3) is 3.27. The minimum Gasteiger partial charge on any atom is -0.352 e. The Morgan fingerprint density at radius 1 is 1.40 bits per heavy atom. The summed E-state index contributed by atoms with van der Waals surface area (Å²) in [5.74, 6) is -0.0802. The van der Waals surface area contributed by atoms with Gasteiger partial charge in [0.15, 0.2) is 0 Å². The molecular weight excluding hydrogens is 194 g/mol. The second kappa shape index (κ2) is 4.82. The van der Waals surface area contributed by atoms with Crippen molar-refractivity contribution >= 4 is 11.9 Å². The molecule has 0 aromatic rings. The maximum absolute atomic E-state index is 11.4. The van der Waals surface area contributed by atoms with E-state index in [0.29, 0.717) is 12.8 Å². The zero-order chi connectivity index (χ0) is 11.3. The molecule has 0 heterocycles. The van der Waals surface area contributed by atoms with Crippen molar-refractivity contribution in [2.75, 3.05) is 0 Å². The zero-order valence-electron chi connectivity index (χ0n) is 8.71. The molecule has 1 fully saturated rings. The normalized spacial score (nSPS) is 17.3. The van der Waals surface area contributed by atoms with E-state index in [9.17, 15) is 9.59 Å². The molecule has 5 heteroatoms. The molecule has 5 nitrogen and oxygen atoms in total. The van der Waals surface area contributed by atoms with Crippen molar-refractivity contribution in [1.82, 2.24) is 10.6 Å². The summed E-state index contributed by atoms with van der Waals surface area (Å²) >= 11 is 0. The molecule has 1 aliphatic rings. The van der Waals surface area contributed by atoms with Gasteiger partial charge in [-0.05, 0) is 25.7 Å². The van der Waals surface area contributed by atoms with E-state index < -0.39 is 11.7 Å². The molecule has 0 atom stereocenters. The van der Waals surface area contributed by atoms with Gasteiger partial charge in [-0.25, -0.2) is 4.79 Å². The average molecular weight is 211 g/mol. The van der Waals surface area contributed by atoms with Gasteiger partial charge in [-0.2, -0.15) is 0 Å². The number of primary amides is 1. The molecule has 0 saturated heterocycles. The van der Waals surface area contributed by atoms with Crippen molar-refractivity contribution in [3.63, 3.8) is 0 Å². The summed E-state index contributed by atoms with van der Waals surface area (Å²) in [6.45, 7) is 3.54. The summed E-state index contributed by atoms with van der Waals surface area (Å²) in [5, 5.41) is 5.38.